The number of hydrogen-bond acceptors (Lipinski definition) is 2. The molecule has 258 valence electrons. The summed E-state index contributed by atoms with van der Waals surface area (Å²) >= 11 is 1.87. The maximum atomic E-state index is 2.45. The van der Waals surface area contributed by atoms with Crippen LogP contribution in [0.1, 0.15) is 0 Å². The van der Waals surface area contributed by atoms with Gasteiger partial charge in [-0.2, -0.15) is 0 Å². The Bertz CT molecular complexity index is 3190. The highest BCUT2D eigenvalue weighted by Crippen LogP contribution is 2.47. The van der Waals surface area contributed by atoms with Crippen molar-refractivity contribution in [1.82, 2.24) is 4.57 Å². The van der Waals surface area contributed by atoms with Crippen LogP contribution in [0.25, 0.3) is 80.7 Å². The molecule has 11 aromatic rings. The Labute approximate surface area is 323 Å². The minimum absolute atomic E-state index is 1.11. The number of fused-ring (bicyclic) bond motifs is 7. The van der Waals surface area contributed by atoms with Crippen molar-refractivity contribution in [3.8, 4) is 27.9 Å². The van der Waals surface area contributed by atoms with Crippen LogP contribution in [-0.4, -0.2) is 4.57 Å². The molecule has 0 N–H and O–H groups in total. The van der Waals surface area contributed by atoms with Crippen LogP contribution in [0.4, 0.5) is 17.1 Å². The van der Waals surface area contributed by atoms with Gasteiger partial charge in [-0.3, -0.25) is 0 Å². The van der Waals surface area contributed by atoms with Crippen LogP contribution in [0.15, 0.2) is 206 Å². The molecule has 0 atom stereocenters. The molecular weight excluding hydrogens is 685 g/mol. The van der Waals surface area contributed by atoms with E-state index in [9.17, 15) is 0 Å². The van der Waals surface area contributed by atoms with E-state index in [1.54, 1.807) is 0 Å². The zero-order valence-corrected chi connectivity index (χ0v) is 30.7. The minimum atomic E-state index is 1.11. The third-order valence-electron chi connectivity index (χ3n) is 11.0. The summed E-state index contributed by atoms with van der Waals surface area (Å²) in [5.74, 6) is 0. The van der Waals surface area contributed by atoms with Crippen LogP contribution < -0.4 is 4.90 Å². The Morgan fingerprint density at radius 2 is 1.07 bits per heavy atom. The molecule has 55 heavy (non-hydrogen) atoms. The van der Waals surface area contributed by atoms with Crippen molar-refractivity contribution >= 4 is 81.1 Å². The molecule has 0 unspecified atom stereocenters. The van der Waals surface area contributed by atoms with Gasteiger partial charge in [-0.25, -0.2) is 0 Å². The van der Waals surface area contributed by atoms with Crippen molar-refractivity contribution in [3.63, 3.8) is 0 Å². The van der Waals surface area contributed by atoms with Gasteiger partial charge >= 0.3 is 0 Å². The van der Waals surface area contributed by atoms with Crippen LogP contribution in [-0.2, 0) is 0 Å². The molecule has 0 amide bonds. The fourth-order valence-electron chi connectivity index (χ4n) is 8.42. The number of hydrogen-bond donors (Lipinski definition) is 0. The van der Waals surface area contributed by atoms with E-state index in [0.29, 0.717) is 0 Å². The van der Waals surface area contributed by atoms with E-state index in [4.69, 9.17) is 0 Å². The van der Waals surface area contributed by atoms with Crippen molar-refractivity contribution in [3.05, 3.63) is 206 Å². The second kappa shape index (κ2) is 12.9. The fraction of sp³-hybridized carbons (Fsp3) is 0. The summed E-state index contributed by atoms with van der Waals surface area (Å²) in [7, 11) is 0. The number of anilines is 3. The lowest BCUT2D eigenvalue weighted by Crippen LogP contribution is -2.10. The van der Waals surface area contributed by atoms with Crippen molar-refractivity contribution in [2.75, 3.05) is 4.90 Å². The molecule has 0 fully saturated rings. The summed E-state index contributed by atoms with van der Waals surface area (Å²) < 4.78 is 5.01. The van der Waals surface area contributed by atoms with Crippen molar-refractivity contribution < 1.29 is 0 Å². The first-order valence-corrected chi connectivity index (χ1v) is 19.6. The smallest absolute Gasteiger partial charge is 0.0640 e. The van der Waals surface area contributed by atoms with Crippen molar-refractivity contribution in [1.29, 1.82) is 0 Å². The molecule has 0 saturated heterocycles. The Hall–Kier alpha value is -6.94. The topological polar surface area (TPSA) is 8.17 Å². The minimum Gasteiger partial charge on any atom is -0.309 e. The molecule has 0 aliphatic carbocycles. The second-order valence-corrected chi connectivity index (χ2v) is 15.2. The molecule has 2 nitrogen and oxygen atoms in total. The first-order valence-electron chi connectivity index (χ1n) is 18.8. The van der Waals surface area contributed by atoms with Crippen LogP contribution in [0.3, 0.4) is 0 Å². The quantitative estimate of drug-likeness (QED) is 0.166. The molecule has 0 saturated carbocycles. The van der Waals surface area contributed by atoms with E-state index in [1.165, 1.54) is 80.7 Å². The van der Waals surface area contributed by atoms with Gasteiger partial charge in [0.2, 0.25) is 0 Å². The Morgan fingerprint density at radius 1 is 0.400 bits per heavy atom. The fourth-order valence-corrected chi connectivity index (χ4v) is 9.62. The Morgan fingerprint density at radius 3 is 1.93 bits per heavy atom. The zero-order chi connectivity index (χ0) is 36.3. The van der Waals surface area contributed by atoms with Gasteiger partial charge in [0, 0.05) is 43.3 Å². The third-order valence-corrected chi connectivity index (χ3v) is 12.2. The normalized spacial score (nSPS) is 11.6. The van der Waals surface area contributed by atoms with Crippen molar-refractivity contribution in [2.45, 2.75) is 0 Å². The maximum Gasteiger partial charge on any atom is 0.0640 e. The molecule has 3 heteroatoms. The average Bonchev–Trinajstić information content (AvgIpc) is 3.81. The predicted octanol–water partition coefficient (Wildman–Crippen LogP) is 15.1. The van der Waals surface area contributed by atoms with Crippen molar-refractivity contribution in [2.24, 2.45) is 0 Å². The number of benzene rings is 9. The summed E-state index contributed by atoms with van der Waals surface area (Å²) in [6.45, 7) is 0. The summed E-state index contributed by atoms with van der Waals surface area (Å²) in [4.78, 5) is 2.45. The summed E-state index contributed by atoms with van der Waals surface area (Å²) in [6, 6.07) is 75.2. The lowest BCUT2D eigenvalue weighted by Gasteiger charge is -2.26. The molecule has 0 bridgehead atoms. The summed E-state index contributed by atoms with van der Waals surface area (Å²) in [6.07, 6.45) is 0. The lowest BCUT2D eigenvalue weighted by molar-refractivity contribution is 1.18. The Balaban J connectivity index is 1.17. The molecule has 0 aliphatic heterocycles. The molecule has 2 aromatic heterocycles. The molecule has 2 heterocycles. The zero-order valence-electron chi connectivity index (χ0n) is 29.9. The van der Waals surface area contributed by atoms with Crippen LogP contribution in [0.2, 0.25) is 0 Å². The van der Waals surface area contributed by atoms with E-state index in [0.717, 1.165) is 17.1 Å². The summed E-state index contributed by atoms with van der Waals surface area (Å²) in [5.41, 5.74) is 11.8. The van der Waals surface area contributed by atoms with Gasteiger partial charge < -0.3 is 9.47 Å². The lowest BCUT2D eigenvalue weighted by atomic mass is 9.97. The molecule has 0 spiro atoms. The van der Waals surface area contributed by atoms with Crippen LogP contribution >= 0.6 is 11.3 Å². The predicted molar refractivity (Wildman–Crippen MR) is 237 cm³/mol. The monoisotopic (exact) mass is 718 g/mol. The van der Waals surface area contributed by atoms with Gasteiger partial charge in [-0.05, 0) is 93.7 Å². The molecule has 0 aliphatic rings. The average molecular weight is 719 g/mol. The highest BCUT2D eigenvalue weighted by molar-refractivity contribution is 7.26. The number of thiophene rings is 1. The number of para-hydroxylation sites is 1. The first-order chi connectivity index (χ1) is 27.3. The highest BCUT2D eigenvalue weighted by Gasteiger charge is 2.22. The largest absolute Gasteiger partial charge is 0.309 e. The van der Waals surface area contributed by atoms with Gasteiger partial charge in [0.05, 0.1) is 21.4 Å². The SMILES string of the molecule is c1ccc(-c2ccc(N(c3ccc4c5c(-c6ccc7ccccc7c6)cccc5n(-c5ccccc5)c4c3)c3cccc4c3sc3ccccc34)cc2)cc1. The number of aromatic nitrogens is 1. The number of rotatable bonds is 6. The molecular formula is C52H34N2S. The van der Waals surface area contributed by atoms with Gasteiger partial charge in [0.25, 0.3) is 0 Å². The van der Waals surface area contributed by atoms with Crippen LogP contribution in [0.5, 0.6) is 0 Å². The van der Waals surface area contributed by atoms with Gasteiger partial charge in [0.1, 0.15) is 0 Å². The van der Waals surface area contributed by atoms with Gasteiger partial charge in [-0.1, -0.05) is 146 Å². The Kier molecular flexibility index (Phi) is 7.39. The molecule has 9 aromatic carbocycles. The second-order valence-electron chi connectivity index (χ2n) is 14.1. The first kappa shape index (κ1) is 31.6. The molecule has 0 radical (unpaired) electrons. The third kappa shape index (κ3) is 5.24. The highest BCUT2D eigenvalue weighted by atomic mass is 32.1. The van der Waals surface area contributed by atoms with E-state index in [-0.39, 0.29) is 0 Å². The van der Waals surface area contributed by atoms with Crippen LogP contribution in [0, 0.1) is 0 Å². The van der Waals surface area contributed by atoms with Gasteiger partial charge in [-0.15, -0.1) is 11.3 Å². The van der Waals surface area contributed by atoms with Gasteiger partial charge in [0.15, 0.2) is 0 Å². The standard InChI is InChI=1S/C52H34N2S/c1-3-13-35(14-4-1)37-27-29-41(30-28-37)53(48-23-12-21-45-44-19-9-10-24-50(44)55-52(45)48)42-31-32-46-49(34-42)54(40-17-5-2-6-18-40)47-22-11-20-43(51(46)47)39-26-25-36-15-7-8-16-38(36)33-39/h1-34H. The van der Waals surface area contributed by atoms with E-state index in [2.05, 4.69) is 216 Å². The molecule has 11 rings (SSSR count). The number of nitrogens with zero attached hydrogens (tertiary/aromatic N) is 2. The summed E-state index contributed by atoms with van der Waals surface area (Å²) in [5, 5.41) is 7.56. The van der Waals surface area contributed by atoms with E-state index >= 15 is 0 Å². The maximum absolute atomic E-state index is 2.45. The van der Waals surface area contributed by atoms with E-state index < -0.39 is 0 Å². The van der Waals surface area contributed by atoms with E-state index in [1.807, 2.05) is 11.3 Å².